The molecule has 2 rings (SSSR count). The minimum Gasteiger partial charge on any atom is -0.480 e. The number of nitrogens with one attached hydrogen (secondary N) is 1. The number of carbonyl (C=O) groups excluding carboxylic acids is 1. The van der Waals surface area contributed by atoms with E-state index in [1.807, 2.05) is 14.0 Å². The average molecular weight is 314 g/mol. The zero-order chi connectivity index (χ0) is 15.5. The highest BCUT2D eigenvalue weighted by molar-refractivity contribution is 8.00. The Hall–Kier alpha value is -0.750. The third-order valence-corrected chi connectivity index (χ3v) is 6.30. The van der Waals surface area contributed by atoms with Crippen LogP contribution >= 0.6 is 11.8 Å². The van der Waals surface area contributed by atoms with Gasteiger partial charge in [-0.2, -0.15) is 0 Å². The van der Waals surface area contributed by atoms with Crippen molar-refractivity contribution < 1.29 is 14.7 Å². The normalized spacial score (nSPS) is 28.6. The molecule has 2 unspecified atom stereocenters. The summed E-state index contributed by atoms with van der Waals surface area (Å²) in [4.78, 5) is 25.8. The zero-order valence-corrected chi connectivity index (χ0v) is 13.7. The minimum absolute atomic E-state index is 0.00417. The van der Waals surface area contributed by atoms with Gasteiger partial charge in [-0.3, -0.25) is 4.79 Å². The fourth-order valence-electron chi connectivity index (χ4n) is 3.53. The molecule has 0 bridgehead atoms. The van der Waals surface area contributed by atoms with Crippen molar-refractivity contribution >= 4 is 23.6 Å². The maximum atomic E-state index is 12.8. The van der Waals surface area contributed by atoms with Gasteiger partial charge < -0.3 is 15.3 Å². The molecule has 1 aliphatic heterocycles. The largest absolute Gasteiger partial charge is 0.480 e. The number of amides is 1. The predicted molar refractivity (Wildman–Crippen MR) is 84.3 cm³/mol. The van der Waals surface area contributed by atoms with Crippen molar-refractivity contribution in [2.45, 2.75) is 68.8 Å². The van der Waals surface area contributed by atoms with E-state index < -0.39 is 12.0 Å². The number of carbonyl (C=O) groups is 2. The third kappa shape index (κ3) is 3.54. The van der Waals surface area contributed by atoms with Gasteiger partial charge in [-0.25, -0.2) is 4.79 Å². The molecular weight excluding hydrogens is 288 g/mol. The van der Waals surface area contributed by atoms with Crippen LogP contribution in [0.1, 0.15) is 51.9 Å². The van der Waals surface area contributed by atoms with Crippen molar-refractivity contribution in [3.8, 4) is 0 Å². The van der Waals surface area contributed by atoms with Crippen LogP contribution in [0.3, 0.4) is 0 Å². The van der Waals surface area contributed by atoms with Gasteiger partial charge in [0.2, 0.25) is 5.91 Å². The van der Waals surface area contributed by atoms with Crippen molar-refractivity contribution in [1.82, 2.24) is 10.2 Å². The fourth-order valence-corrected chi connectivity index (χ4v) is 4.90. The molecule has 21 heavy (non-hydrogen) atoms. The molecule has 0 aromatic carbocycles. The number of aliphatic carboxylic acids is 1. The molecule has 1 saturated heterocycles. The van der Waals surface area contributed by atoms with E-state index >= 15 is 0 Å². The van der Waals surface area contributed by atoms with E-state index in [1.165, 1.54) is 6.42 Å². The van der Waals surface area contributed by atoms with Crippen LogP contribution in [0.15, 0.2) is 0 Å². The third-order valence-electron chi connectivity index (χ3n) is 4.85. The summed E-state index contributed by atoms with van der Waals surface area (Å²) in [5.41, 5.74) is -0.135. The van der Waals surface area contributed by atoms with Crippen molar-refractivity contribution in [3.63, 3.8) is 0 Å². The van der Waals surface area contributed by atoms with Gasteiger partial charge in [0.05, 0.1) is 5.37 Å². The molecule has 0 aromatic heterocycles. The molecule has 1 saturated carbocycles. The van der Waals surface area contributed by atoms with E-state index in [4.69, 9.17) is 0 Å². The lowest BCUT2D eigenvalue weighted by atomic mass is 9.79. The number of hydrogen-bond donors (Lipinski definition) is 2. The average Bonchev–Trinajstić information content (AvgIpc) is 2.92. The molecule has 1 aliphatic carbocycles. The van der Waals surface area contributed by atoms with Crippen LogP contribution in [-0.4, -0.2) is 51.6 Å². The van der Waals surface area contributed by atoms with Crippen LogP contribution in [0.4, 0.5) is 0 Å². The van der Waals surface area contributed by atoms with Crippen molar-refractivity contribution in [1.29, 1.82) is 0 Å². The molecular formula is C15H26N2O3S. The highest BCUT2D eigenvalue weighted by Gasteiger charge is 2.43. The Bertz CT molecular complexity index is 396. The van der Waals surface area contributed by atoms with E-state index in [0.717, 1.165) is 32.1 Å². The van der Waals surface area contributed by atoms with E-state index in [0.29, 0.717) is 12.2 Å². The molecule has 1 amide bonds. The van der Waals surface area contributed by atoms with Crippen LogP contribution < -0.4 is 5.32 Å². The number of nitrogens with zero attached hydrogens (tertiary/aromatic N) is 1. The van der Waals surface area contributed by atoms with Gasteiger partial charge in [0.25, 0.3) is 0 Å². The van der Waals surface area contributed by atoms with Gasteiger partial charge in [0, 0.05) is 17.7 Å². The number of rotatable bonds is 5. The Morgan fingerprint density at radius 3 is 2.52 bits per heavy atom. The first-order valence-electron chi connectivity index (χ1n) is 7.87. The Kier molecular flexibility index (Phi) is 5.54. The summed E-state index contributed by atoms with van der Waals surface area (Å²) in [5, 5.41) is 12.7. The van der Waals surface area contributed by atoms with Gasteiger partial charge in [-0.1, -0.05) is 26.2 Å². The molecule has 0 radical (unpaired) electrons. The van der Waals surface area contributed by atoms with Gasteiger partial charge in [-0.15, -0.1) is 11.8 Å². The summed E-state index contributed by atoms with van der Waals surface area (Å²) >= 11 is 1.59. The molecule has 1 heterocycles. The lowest BCUT2D eigenvalue weighted by Gasteiger charge is -2.39. The molecule has 2 fully saturated rings. The molecule has 2 N–H and O–H groups in total. The van der Waals surface area contributed by atoms with Gasteiger partial charge in [0.1, 0.15) is 6.04 Å². The monoisotopic (exact) mass is 314 g/mol. The second-order valence-electron chi connectivity index (χ2n) is 6.12. The summed E-state index contributed by atoms with van der Waals surface area (Å²) in [6.07, 6.45) is 6.74. The molecule has 2 atom stereocenters. The number of carboxylic acid groups (broad SMARTS) is 1. The van der Waals surface area contributed by atoms with Crippen LogP contribution in [0.5, 0.6) is 0 Å². The van der Waals surface area contributed by atoms with E-state index in [-0.39, 0.29) is 16.8 Å². The molecule has 0 aromatic rings. The van der Waals surface area contributed by atoms with E-state index in [2.05, 4.69) is 5.32 Å². The highest BCUT2D eigenvalue weighted by atomic mass is 32.2. The maximum Gasteiger partial charge on any atom is 0.327 e. The van der Waals surface area contributed by atoms with Crippen LogP contribution in [0, 0.1) is 0 Å². The Labute approximate surface area is 130 Å². The first-order chi connectivity index (χ1) is 10.0. The second-order valence-corrected chi connectivity index (χ2v) is 7.33. The lowest BCUT2D eigenvalue weighted by molar-refractivity contribution is -0.150. The highest BCUT2D eigenvalue weighted by Crippen LogP contribution is 2.36. The lowest BCUT2D eigenvalue weighted by Crippen LogP contribution is -2.52. The molecule has 120 valence electrons. The van der Waals surface area contributed by atoms with Gasteiger partial charge in [0.15, 0.2) is 0 Å². The molecule has 2 aliphatic rings. The summed E-state index contributed by atoms with van der Waals surface area (Å²) in [7, 11) is 1.92. The number of hydrogen-bond acceptors (Lipinski definition) is 4. The van der Waals surface area contributed by atoms with Crippen LogP contribution in [-0.2, 0) is 9.59 Å². The standard InChI is InChI=1S/C15H26N2O3S/c1-3-13-17(11(10-21-13)14(19)20)12(18)9-15(16-2)7-5-4-6-8-15/h11,13,16H,3-10H2,1-2H3,(H,19,20). The van der Waals surface area contributed by atoms with Gasteiger partial charge in [-0.05, 0) is 26.3 Å². The Balaban J connectivity index is 2.10. The SMILES string of the molecule is CCC1SCC(C(=O)O)N1C(=O)CC1(NC)CCCCC1. The topological polar surface area (TPSA) is 69.6 Å². The first kappa shape index (κ1) is 16.6. The number of carboxylic acids is 1. The molecule has 0 spiro atoms. The second kappa shape index (κ2) is 7.01. The summed E-state index contributed by atoms with van der Waals surface area (Å²) in [6.45, 7) is 2.01. The molecule has 5 nitrogen and oxygen atoms in total. The summed E-state index contributed by atoms with van der Waals surface area (Å²) in [5.74, 6) is -0.379. The van der Waals surface area contributed by atoms with Gasteiger partial charge >= 0.3 is 5.97 Å². The Morgan fingerprint density at radius 2 is 2.00 bits per heavy atom. The summed E-state index contributed by atoms with van der Waals surface area (Å²) < 4.78 is 0. The first-order valence-corrected chi connectivity index (χ1v) is 8.92. The smallest absolute Gasteiger partial charge is 0.327 e. The maximum absolute atomic E-state index is 12.8. The zero-order valence-electron chi connectivity index (χ0n) is 12.9. The predicted octanol–water partition coefficient (Wildman–Crippen LogP) is 2.06. The van der Waals surface area contributed by atoms with E-state index in [1.54, 1.807) is 16.7 Å². The van der Waals surface area contributed by atoms with Crippen molar-refractivity contribution in [2.24, 2.45) is 0 Å². The minimum atomic E-state index is -0.881. The van der Waals surface area contributed by atoms with Crippen molar-refractivity contribution in [2.75, 3.05) is 12.8 Å². The van der Waals surface area contributed by atoms with Crippen LogP contribution in [0.25, 0.3) is 0 Å². The van der Waals surface area contributed by atoms with Crippen LogP contribution in [0.2, 0.25) is 0 Å². The van der Waals surface area contributed by atoms with Crippen molar-refractivity contribution in [3.05, 3.63) is 0 Å². The summed E-state index contributed by atoms with van der Waals surface area (Å²) in [6, 6.07) is -0.662. The Morgan fingerprint density at radius 1 is 1.33 bits per heavy atom. The fraction of sp³-hybridized carbons (Fsp3) is 0.867. The van der Waals surface area contributed by atoms with E-state index in [9.17, 15) is 14.7 Å². The molecule has 6 heteroatoms. The quantitative estimate of drug-likeness (QED) is 0.813. The number of thioether (sulfide) groups is 1.